The lowest BCUT2D eigenvalue weighted by molar-refractivity contribution is -0.156. The smallest absolute Gasteiger partial charge is 0.347 e. The highest BCUT2D eigenvalue weighted by Crippen LogP contribution is 2.41. The van der Waals surface area contributed by atoms with Crippen LogP contribution in [0.1, 0.15) is 145 Å². The standard InChI is InChI=1S/C74H98F10N12O12/c1-11-42(2)60-68(106)90(6)40-58(99)91(7)51-21-13-12-18-32-95(67(51)105)54(36-44-24-27-47(28-25-44)73(79,80)81)66(104)89(5)39-56(97)85-50(29-26-45-33-48(75)59(49(76)34-45)74(82,83)84)64(102)96-41-72(77,78)38-55(96)63(101)87-71(30-16-17-31-71)70(108)94(10)61(46-19-14-15-20-46)69(107)93(9)53(65(103)88(3)4)37-57(98)92(8)52(62(100)86-60)35-43-22-23-43/h12-13,24-25,27-28,33-34,42-43,46,50-55,60-61H,11,14-23,26,29-32,35-41H2,1-10H3,(H,85,97)(H,86,100)(H,87,101)/b13-12-/t42-,50-,51-,52-,53-,54-,55-,60-,61-/m0/s1. The molecule has 24 nitrogen and oxygen atoms in total. The third kappa shape index (κ3) is 19.9. The van der Waals surface area contributed by atoms with E-state index in [1.807, 2.05) is 0 Å². The van der Waals surface area contributed by atoms with Gasteiger partial charge >= 0.3 is 12.4 Å². The van der Waals surface area contributed by atoms with Crippen molar-refractivity contribution in [2.24, 2.45) is 17.8 Å². The summed E-state index contributed by atoms with van der Waals surface area (Å²) in [6, 6.07) is -8.89. The van der Waals surface area contributed by atoms with E-state index in [9.17, 15) is 55.1 Å². The fraction of sp³-hybridized carbons (Fsp3) is 0.649. The predicted molar refractivity (Wildman–Crippen MR) is 371 cm³/mol. The van der Waals surface area contributed by atoms with Gasteiger partial charge in [-0.15, -0.1) is 0 Å². The molecule has 6 aliphatic rings. The number of aryl methyl sites for hydroxylation is 1. The molecule has 3 aliphatic heterocycles. The van der Waals surface area contributed by atoms with Crippen molar-refractivity contribution >= 4 is 70.9 Å². The summed E-state index contributed by atoms with van der Waals surface area (Å²) in [6.07, 6.45) is -7.42. The lowest BCUT2D eigenvalue weighted by Crippen LogP contribution is -2.65. The second-order valence-electron chi connectivity index (χ2n) is 30.1. The van der Waals surface area contributed by atoms with Gasteiger partial charge in [-0.1, -0.05) is 83.1 Å². The number of hydrogen-bond donors (Lipinski definition) is 3. The molecule has 5 fully saturated rings. The Hall–Kier alpha value is -8.88. The summed E-state index contributed by atoms with van der Waals surface area (Å²) in [5.74, 6) is -20.8. The van der Waals surface area contributed by atoms with E-state index in [-0.39, 0.29) is 63.0 Å². The molecule has 2 bridgehead atoms. The maximum absolute atomic E-state index is 16.2. The Morgan fingerprint density at radius 3 is 1.83 bits per heavy atom. The molecular weight excluding hydrogens is 1440 g/mol. The maximum Gasteiger partial charge on any atom is 0.422 e. The zero-order valence-electron chi connectivity index (χ0n) is 62.4. The van der Waals surface area contributed by atoms with Crippen LogP contribution < -0.4 is 16.0 Å². The molecular formula is C74H98F10N12O12. The van der Waals surface area contributed by atoms with E-state index in [1.54, 1.807) is 26.0 Å². The minimum atomic E-state index is -5.52. The van der Waals surface area contributed by atoms with E-state index in [0.29, 0.717) is 62.0 Å². The Balaban J connectivity index is 1.23. The Morgan fingerprint density at radius 1 is 0.648 bits per heavy atom. The Kier molecular flexibility index (Phi) is 27.3. The maximum atomic E-state index is 16.2. The average molecular weight is 1540 g/mol. The number of carbonyl (C=O) groups excluding carboxylic acids is 12. The summed E-state index contributed by atoms with van der Waals surface area (Å²) in [7, 11) is 10.3. The predicted octanol–water partition coefficient (Wildman–Crippen LogP) is 6.11. The molecule has 9 atom stereocenters. The first-order chi connectivity index (χ1) is 50.5. The first-order valence-corrected chi connectivity index (χ1v) is 36.5. The number of amides is 12. The van der Waals surface area contributed by atoms with Crippen LogP contribution in [0.25, 0.3) is 0 Å². The van der Waals surface area contributed by atoms with Gasteiger partial charge in [0.15, 0.2) is 0 Å². The molecule has 596 valence electrons. The zero-order chi connectivity index (χ0) is 80.0. The summed E-state index contributed by atoms with van der Waals surface area (Å²) in [4.78, 5) is 189. The van der Waals surface area contributed by atoms with Crippen molar-refractivity contribution < 1.29 is 101 Å². The number of fused-ring (bicyclic) bond motifs is 3. The fourth-order valence-electron chi connectivity index (χ4n) is 15.3. The third-order valence-corrected chi connectivity index (χ3v) is 22.1. The van der Waals surface area contributed by atoms with E-state index in [0.717, 1.165) is 70.5 Å². The Morgan fingerprint density at radius 2 is 1.26 bits per heavy atom. The molecule has 34 heteroatoms. The SMILES string of the molecule is CC[C@H](C)[C@@H]1NC(=O)[C@H](CC2CC2)N(C)C(=O)C[C@@H](C(=O)N(C)C)N(C)C(=O)[C@H](C2CCCC2)N(C)C(=O)C2(CCCC2)NC(=O)[C@@H]2CC(F)(F)CN2C(=O)[C@H](CCc2cc(F)c(C(F)(F)F)c(F)c2)NC(=O)CN(C)C(=O)[C@H](Cc2ccc(C(F)(F)F)cc2)N2CC/C=C\C[C@@H](C2=O)N(C)C(=O)CN(C)C1=O. The van der Waals surface area contributed by atoms with Gasteiger partial charge in [0.05, 0.1) is 31.6 Å². The molecule has 8 rings (SSSR count). The van der Waals surface area contributed by atoms with E-state index in [4.69, 9.17) is 0 Å². The molecule has 12 amide bonds. The van der Waals surface area contributed by atoms with Gasteiger partial charge in [0, 0.05) is 75.8 Å². The highest BCUT2D eigenvalue weighted by molar-refractivity contribution is 6.01. The monoisotopic (exact) mass is 1540 g/mol. The number of benzene rings is 2. The molecule has 2 saturated heterocycles. The minimum Gasteiger partial charge on any atom is -0.347 e. The molecule has 108 heavy (non-hydrogen) atoms. The minimum absolute atomic E-state index is 0.0354. The summed E-state index contributed by atoms with van der Waals surface area (Å²) in [6.45, 7) is -0.180. The van der Waals surface area contributed by atoms with E-state index < -0.39 is 235 Å². The lowest BCUT2D eigenvalue weighted by atomic mass is 9.90. The van der Waals surface area contributed by atoms with Crippen LogP contribution in [0, 0.1) is 29.4 Å². The average Bonchev–Trinajstić information content (AvgIpc) is 1.57. The molecule has 2 aromatic rings. The molecule has 3 N–H and O–H groups in total. The van der Waals surface area contributed by atoms with Crippen molar-refractivity contribution in [3.63, 3.8) is 0 Å². The highest BCUT2D eigenvalue weighted by atomic mass is 19.4. The fourth-order valence-corrected chi connectivity index (χ4v) is 15.3. The van der Waals surface area contributed by atoms with Crippen molar-refractivity contribution in [2.45, 2.75) is 208 Å². The van der Waals surface area contributed by atoms with Crippen molar-refractivity contribution in [3.8, 4) is 0 Å². The first-order valence-electron chi connectivity index (χ1n) is 36.5. The van der Waals surface area contributed by atoms with Gasteiger partial charge in [0.1, 0.15) is 71.1 Å². The molecule has 0 radical (unpaired) electrons. The highest BCUT2D eigenvalue weighted by Gasteiger charge is 2.56. The quantitative estimate of drug-likeness (QED) is 0.170. The molecule has 1 spiro atoms. The van der Waals surface area contributed by atoms with Crippen LogP contribution in [0.3, 0.4) is 0 Å². The van der Waals surface area contributed by atoms with Gasteiger partial charge in [-0.25, -0.2) is 17.6 Å². The van der Waals surface area contributed by atoms with Crippen LogP contribution in [-0.2, 0) is 82.7 Å². The zero-order valence-corrected chi connectivity index (χ0v) is 62.4. The van der Waals surface area contributed by atoms with Gasteiger partial charge in [0.25, 0.3) is 5.92 Å². The number of halogens is 10. The van der Waals surface area contributed by atoms with Gasteiger partial charge in [-0.3, -0.25) is 57.5 Å². The first kappa shape index (κ1) is 84.7. The van der Waals surface area contributed by atoms with E-state index in [1.165, 1.54) is 49.3 Å². The summed E-state index contributed by atoms with van der Waals surface area (Å²) < 4.78 is 146. The third-order valence-electron chi connectivity index (χ3n) is 22.1. The van der Waals surface area contributed by atoms with Crippen LogP contribution in [0.2, 0.25) is 0 Å². The normalized spacial score (nSPS) is 26.6. The largest absolute Gasteiger partial charge is 0.422 e. The number of nitrogens with zero attached hydrogens (tertiary/aromatic N) is 9. The van der Waals surface area contributed by atoms with Crippen molar-refractivity contribution in [1.82, 2.24) is 60.0 Å². The number of likely N-dealkylation sites (N-methyl/N-ethyl adjacent to an activating group) is 7. The van der Waals surface area contributed by atoms with Crippen molar-refractivity contribution in [1.29, 1.82) is 0 Å². The lowest BCUT2D eigenvalue weighted by Gasteiger charge is -2.42. The topological polar surface area (TPSA) is 270 Å². The van der Waals surface area contributed by atoms with Gasteiger partial charge in [0.2, 0.25) is 70.9 Å². The van der Waals surface area contributed by atoms with Crippen molar-refractivity contribution in [3.05, 3.63) is 82.4 Å². The second kappa shape index (κ2) is 34.8. The van der Waals surface area contributed by atoms with Crippen LogP contribution >= 0.6 is 0 Å². The van der Waals surface area contributed by atoms with Gasteiger partial charge in [-0.2, -0.15) is 26.3 Å². The number of rotatable bonds is 11. The van der Waals surface area contributed by atoms with Crippen LogP contribution in [0.15, 0.2) is 48.6 Å². The molecule has 0 aromatic heterocycles. The second-order valence-corrected chi connectivity index (χ2v) is 30.1. The van der Waals surface area contributed by atoms with E-state index in [2.05, 4.69) is 16.0 Å². The number of alkyl halides is 8. The van der Waals surface area contributed by atoms with Gasteiger partial charge < -0.3 is 60.0 Å². The summed E-state index contributed by atoms with van der Waals surface area (Å²) in [5, 5.41) is 7.82. The van der Waals surface area contributed by atoms with Gasteiger partial charge in [-0.05, 0) is 111 Å². The Bertz CT molecular complexity index is 3710. The molecule has 3 aliphatic carbocycles. The number of hydrogen-bond acceptors (Lipinski definition) is 12. The Labute approximate surface area is 620 Å². The summed E-state index contributed by atoms with van der Waals surface area (Å²) in [5.41, 5.74) is -5.77. The molecule has 3 saturated carbocycles. The van der Waals surface area contributed by atoms with Crippen LogP contribution in [0.4, 0.5) is 43.9 Å². The van der Waals surface area contributed by atoms with E-state index >= 15 is 46.3 Å². The molecule has 2 aromatic carbocycles. The summed E-state index contributed by atoms with van der Waals surface area (Å²) >= 11 is 0. The number of carbonyl (C=O) groups is 12. The van der Waals surface area contributed by atoms with Crippen molar-refractivity contribution in [2.75, 3.05) is 82.6 Å². The van der Waals surface area contributed by atoms with Crippen LogP contribution in [0.5, 0.6) is 0 Å². The molecule has 0 unspecified atom stereocenters. The number of nitrogens with one attached hydrogen (secondary N) is 3. The van der Waals surface area contributed by atoms with Crippen LogP contribution in [-0.4, -0.2) is 257 Å². The molecule has 3 heterocycles.